The minimum Gasteiger partial charge on any atom is -0.396 e. The number of halogens is 1. The van der Waals surface area contributed by atoms with Crippen LogP contribution in [0.15, 0.2) is 24.3 Å². The van der Waals surface area contributed by atoms with E-state index in [2.05, 4.69) is 5.32 Å². The van der Waals surface area contributed by atoms with Crippen molar-refractivity contribution in [1.29, 1.82) is 0 Å². The highest BCUT2D eigenvalue weighted by molar-refractivity contribution is 6.30. The number of carbonyl (C=O) groups is 2. The lowest BCUT2D eigenvalue weighted by molar-refractivity contribution is -0.130. The predicted molar refractivity (Wildman–Crippen MR) is 79.9 cm³/mol. The molecule has 1 saturated heterocycles. The zero-order valence-corrected chi connectivity index (χ0v) is 12.6. The van der Waals surface area contributed by atoms with Gasteiger partial charge in [0.15, 0.2) is 0 Å². The van der Waals surface area contributed by atoms with Crippen molar-refractivity contribution in [2.45, 2.75) is 6.42 Å². The number of likely N-dealkylation sites (tertiary alicyclic amines) is 1. The van der Waals surface area contributed by atoms with E-state index >= 15 is 0 Å². The van der Waals surface area contributed by atoms with Crippen LogP contribution in [0.1, 0.15) is 5.56 Å². The molecule has 0 unspecified atom stereocenters. The van der Waals surface area contributed by atoms with Gasteiger partial charge in [-0.1, -0.05) is 23.7 Å². The monoisotopic (exact) mass is 310 g/mol. The topological polar surface area (TPSA) is 69.6 Å². The van der Waals surface area contributed by atoms with Crippen molar-refractivity contribution in [2.24, 2.45) is 11.8 Å². The van der Waals surface area contributed by atoms with Crippen molar-refractivity contribution in [2.75, 3.05) is 26.7 Å². The van der Waals surface area contributed by atoms with Gasteiger partial charge in [0.1, 0.15) is 0 Å². The maximum atomic E-state index is 12.3. The second kappa shape index (κ2) is 6.91. The number of nitrogens with zero attached hydrogens (tertiary/aromatic N) is 1. The smallest absolute Gasteiger partial charge is 0.227 e. The van der Waals surface area contributed by atoms with E-state index in [9.17, 15) is 14.7 Å². The number of aliphatic hydroxyl groups is 1. The van der Waals surface area contributed by atoms with Crippen LogP contribution in [-0.2, 0) is 16.0 Å². The minimum absolute atomic E-state index is 0.0536. The van der Waals surface area contributed by atoms with Crippen LogP contribution in [-0.4, -0.2) is 48.6 Å². The maximum absolute atomic E-state index is 12.3. The molecule has 2 N–H and O–H groups in total. The highest BCUT2D eigenvalue weighted by Crippen LogP contribution is 2.24. The summed E-state index contributed by atoms with van der Waals surface area (Å²) in [7, 11) is 1.56. The SMILES string of the molecule is CNC(=O)[C@@H]1CN(C(=O)Cc2cccc(Cl)c2)C[C@H]1CO. The molecule has 0 saturated carbocycles. The van der Waals surface area contributed by atoms with Crippen LogP contribution in [0.5, 0.6) is 0 Å². The zero-order valence-electron chi connectivity index (χ0n) is 11.9. The lowest BCUT2D eigenvalue weighted by atomic mass is 9.96. The van der Waals surface area contributed by atoms with E-state index in [4.69, 9.17) is 11.6 Å². The van der Waals surface area contributed by atoms with Crippen LogP contribution in [0.3, 0.4) is 0 Å². The maximum Gasteiger partial charge on any atom is 0.227 e. The molecule has 0 bridgehead atoms. The Morgan fingerprint density at radius 3 is 2.81 bits per heavy atom. The van der Waals surface area contributed by atoms with Crippen molar-refractivity contribution in [3.8, 4) is 0 Å². The normalized spacial score (nSPS) is 21.4. The first-order valence-electron chi connectivity index (χ1n) is 6.89. The number of hydrogen-bond acceptors (Lipinski definition) is 3. The first-order valence-corrected chi connectivity index (χ1v) is 7.27. The summed E-state index contributed by atoms with van der Waals surface area (Å²) in [5.41, 5.74) is 0.844. The summed E-state index contributed by atoms with van der Waals surface area (Å²) < 4.78 is 0. The average molecular weight is 311 g/mol. The van der Waals surface area contributed by atoms with E-state index < -0.39 is 0 Å². The number of hydrogen-bond donors (Lipinski definition) is 2. The molecule has 1 aliphatic rings. The summed E-state index contributed by atoms with van der Waals surface area (Å²) in [6.07, 6.45) is 0.249. The average Bonchev–Trinajstić information content (AvgIpc) is 2.90. The van der Waals surface area contributed by atoms with E-state index in [0.29, 0.717) is 18.1 Å². The van der Waals surface area contributed by atoms with E-state index in [-0.39, 0.29) is 36.7 Å². The third-order valence-electron chi connectivity index (χ3n) is 3.86. The lowest BCUT2D eigenvalue weighted by Crippen LogP contribution is -2.34. The molecular formula is C15H19ClN2O3. The predicted octanol–water partition coefficient (Wildman–Crippen LogP) is 0.695. The molecule has 0 aliphatic carbocycles. The van der Waals surface area contributed by atoms with Crippen LogP contribution < -0.4 is 5.32 Å². The Hall–Kier alpha value is -1.59. The van der Waals surface area contributed by atoms with Crippen LogP contribution >= 0.6 is 11.6 Å². The van der Waals surface area contributed by atoms with Crippen molar-refractivity contribution < 1.29 is 14.7 Å². The van der Waals surface area contributed by atoms with Crippen molar-refractivity contribution in [3.05, 3.63) is 34.9 Å². The fourth-order valence-electron chi connectivity index (χ4n) is 2.68. The first-order chi connectivity index (χ1) is 10.0. The molecule has 21 heavy (non-hydrogen) atoms. The Morgan fingerprint density at radius 2 is 2.19 bits per heavy atom. The molecule has 1 heterocycles. The highest BCUT2D eigenvalue weighted by Gasteiger charge is 2.38. The molecule has 5 nitrogen and oxygen atoms in total. The van der Waals surface area contributed by atoms with E-state index in [1.54, 1.807) is 30.1 Å². The van der Waals surface area contributed by atoms with Crippen molar-refractivity contribution in [3.63, 3.8) is 0 Å². The van der Waals surface area contributed by atoms with E-state index in [1.165, 1.54) is 0 Å². The highest BCUT2D eigenvalue weighted by atomic mass is 35.5. The largest absolute Gasteiger partial charge is 0.396 e. The number of benzene rings is 1. The fraction of sp³-hybridized carbons (Fsp3) is 0.467. The van der Waals surface area contributed by atoms with Gasteiger partial charge in [-0.3, -0.25) is 9.59 Å². The summed E-state index contributed by atoms with van der Waals surface area (Å²) in [5, 5.41) is 12.5. The van der Waals surface area contributed by atoms with Crippen LogP contribution in [0.25, 0.3) is 0 Å². The summed E-state index contributed by atoms with van der Waals surface area (Å²) in [5.74, 6) is -0.731. The van der Waals surface area contributed by atoms with Gasteiger partial charge in [-0.05, 0) is 17.7 Å². The summed E-state index contributed by atoms with van der Waals surface area (Å²) in [6.45, 7) is 0.664. The number of aliphatic hydroxyl groups excluding tert-OH is 1. The molecular weight excluding hydrogens is 292 g/mol. The van der Waals surface area contributed by atoms with Gasteiger partial charge in [0.05, 0.1) is 12.3 Å². The molecule has 114 valence electrons. The summed E-state index contributed by atoms with van der Waals surface area (Å²) in [6, 6.07) is 7.17. The molecule has 1 aliphatic heterocycles. The van der Waals surface area contributed by atoms with Crippen molar-refractivity contribution >= 4 is 23.4 Å². The molecule has 1 aromatic carbocycles. The Labute approximate surface area is 128 Å². The molecule has 2 atom stereocenters. The van der Waals surface area contributed by atoms with Crippen LogP contribution in [0, 0.1) is 11.8 Å². The van der Waals surface area contributed by atoms with Gasteiger partial charge in [-0.15, -0.1) is 0 Å². The Balaban J connectivity index is 2.02. The van der Waals surface area contributed by atoms with Gasteiger partial charge >= 0.3 is 0 Å². The first kappa shape index (κ1) is 15.8. The Morgan fingerprint density at radius 1 is 1.43 bits per heavy atom. The van der Waals surface area contributed by atoms with Gasteiger partial charge < -0.3 is 15.3 Å². The number of amides is 2. The standard InChI is InChI=1S/C15H19ClN2O3/c1-17-15(21)13-8-18(7-11(13)9-19)14(20)6-10-3-2-4-12(16)5-10/h2-5,11,13,19H,6-9H2,1H3,(H,17,21)/t11-,13+/m0/s1. The van der Waals surface area contributed by atoms with E-state index in [0.717, 1.165) is 5.56 Å². The minimum atomic E-state index is -0.344. The number of rotatable bonds is 4. The second-order valence-corrected chi connectivity index (χ2v) is 5.71. The Kier molecular flexibility index (Phi) is 5.20. The Bertz CT molecular complexity index is 535. The number of carbonyl (C=O) groups excluding carboxylic acids is 2. The van der Waals surface area contributed by atoms with Crippen LogP contribution in [0.4, 0.5) is 0 Å². The van der Waals surface area contributed by atoms with Gasteiger partial charge in [0, 0.05) is 37.7 Å². The van der Waals surface area contributed by atoms with Crippen molar-refractivity contribution in [1.82, 2.24) is 10.2 Å². The quantitative estimate of drug-likeness (QED) is 0.860. The molecule has 1 fully saturated rings. The third kappa shape index (κ3) is 3.74. The summed E-state index contributed by atoms with van der Waals surface area (Å²) in [4.78, 5) is 25.7. The molecule has 2 amide bonds. The van der Waals surface area contributed by atoms with Crippen LogP contribution in [0.2, 0.25) is 5.02 Å². The van der Waals surface area contributed by atoms with Gasteiger partial charge in [-0.25, -0.2) is 0 Å². The molecule has 1 aromatic rings. The van der Waals surface area contributed by atoms with E-state index in [1.807, 2.05) is 6.07 Å². The van der Waals surface area contributed by atoms with Gasteiger partial charge in [0.25, 0.3) is 0 Å². The molecule has 2 rings (SSSR count). The molecule has 0 aromatic heterocycles. The molecule has 6 heteroatoms. The summed E-state index contributed by atoms with van der Waals surface area (Å²) >= 11 is 5.91. The molecule has 0 radical (unpaired) electrons. The third-order valence-corrected chi connectivity index (χ3v) is 4.09. The fourth-order valence-corrected chi connectivity index (χ4v) is 2.89. The lowest BCUT2D eigenvalue weighted by Gasteiger charge is -2.16. The zero-order chi connectivity index (χ0) is 15.4. The second-order valence-electron chi connectivity index (χ2n) is 5.27. The van der Waals surface area contributed by atoms with Gasteiger partial charge in [-0.2, -0.15) is 0 Å². The number of nitrogens with one attached hydrogen (secondary N) is 1. The van der Waals surface area contributed by atoms with Gasteiger partial charge in [0.2, 0.25) is 11.8 Å². The molecule has 0 spiro atoms.